The zero-order chi connectivity index (χ0) is 14.9. The van der Waals surface area contributed by atoms with Crippen LogP contribution in [-0.2, 0) is 6.18 Å². The van der Waals surface area contributed by atoms with Crippen LogP contribution in [0.5, 0.6) is 0 Å². The molecule has 0 N–H and O–H groups in total. The van der Waals surface area contributed by atoms with Crippen LogP contribution >= 0.6 is 0 Å². The van der Waals surface area contributed by atoms with Crippen LogP contribution in [0, 0.1) is 0 Å². The molecule has 0 radical (unpaired) electrons. The predicted octanol–water partition coefficient (Wildman–Crippen LogP) is 3.21. The minimum Gasteiger partial charge on any atom is -0.333 e. The maximum Gasteiger partial charge on any atom is 0.417 e. The SMILES string of the molecule is FC(F)(F)c1cncc(-c2nc(-c3ccccn3)no2)c1. The first-order valence-corrected chi connectivity index (χ1v) is 5.82. The Bertz CT molecular complexity index is 755. The first-order chi connectivity index (χ1) is 10.0. The van der Waals surface area contributed by atoms with Gasteiger partial charge in [0, 0.05) is 18.6 Å². The van der Waals surface area contributed by atoms with Crippen LogP contribution < -0.4 is 0 Å². The number of halogens is 3. The Balaban J connectivity index is 1.97. The second-order valence-corrected chi connectivity index (χ2v) is 4.10. The average molecular weight is 292 g/mol. The molecule has 0 aliphatic rings. The lowest BCUT2D eigenvalue weighted by molar-refractivity contribution is -0.137. The molecule has 0 unspecified atom stereocenters. The normalized spacial score (nSPS) is 11.6. The van der Waals surface area contributed by atoms with E-state index in [1.807, 2.05) is 0 Å². The lowest BCUT2D eigenvalue weighted by Gasteiger charge is -2.05. The van der Waals surface area contributed by atoms with Gasteiger partial charge in [-0.25, -0.2) is 0 Å². The summed E-state index contributed by atoms with van der Waals surface area (Å²) >= 11 is 0. The van der Waals surface area contributed by atoms with Crippen molar-refractivity contribution in [3.05, 3.63) is 48.4 Å². The van der Waals surface area contributed by atoms with Crippen LogP contribution in [0.4, 0.5) is 13.2 Å². The summed E-state index contributed by atoms with van der Waals surface area (Å²) in [6, 6.07) is 6.03. The van der Waals surface area contributed by atoms with Gasteiger partial charge in [-0.1, -0.05) is 11.2 Å². The van der Waals surface area contributed by atoms with Gasteiger partial charge in [-0.15, -0.1) is 0 Å². The molecule has 5 nitrogen and oxygen atoms in total. The van der Waals surface area contributed by atoms with Crippen molar-refractivity contribution in [1.82, 2.24) is 20.1 Å². The molecule has 106 valence electrons. The monoisotopic (exact) mass is 292 g/mol. The molecule has 0 amide bonds. The molecule has 0 aliphatic carbocycles. The van der Waals surface area contributed by atoms with E-state index in [0.29, 0.717) is 5.69 Å². The molecule has 0 fully saturated rings. The highest BCUT2D eigenvalue weighted by Crippen LogP contribution is 2.31. The average Bonchev–Trinajstić information content (AvgIpc) is 2.97. The van der Waals surface area contributed by atoms with E-state index in [-0.39, 0.29) is 17.3 Å². The Morgan fingerprint density at radius 1 is 1.10 bits per heavy atom. The molecule has 3 heterocycles. The van der Waals surface area contributed by atoms with Crippen molar-refractivity contribution in [2.24, 2.45) is 0 Å². The quantitative estimate of drug-likeness (QED) is 0.725. The van der Waals surface area contributed by atoms with Crippen molar-refractivity contribution in [2.45, 2.75) is 6.18 Å². The third-order valence-corrected chi connectivity index (χ3v) is 2.63. The Morgan fingerprint density at radius 3 is 2.67 bits per heavy atom. The van der Waals surface area contributed by atoms with Gasteiger partial charge in [-0.05, 0) is 18.2 Å². The van der Waals surface area contributed by atoms with Gasteiger partial charge in [0.2, 0.25) is 5.82 Å². The number of aromatic nitrogens is 4. The molecule has 0 saturated carbocycles. The standard InChI is InChI=1S/C13H7F3N4O/c14-13(15,16)9-5-8(6-17-7-9)12-19-11(20-21-12)10-3-1-2-4-18-10/h1-7H. The van der Waals surface area contributed by atoms with Crippen LogP contribution in [0.25, 0.3) is 23.0 Å². The third-order valence-electron chi connectivity index (χ3n) is 2.63. The summed E-state index contributed by atoms with van der Waals surface area (Å²) in [4.78, 5) is 11.6. The highest BCUT2D eigenvalue weighted by atomic mass is 19.4. The van der Waals surface area contributed by atoms with E-state index in [1.165, 1.54) is 6.20 Å². The number of rotatable bonds is 2. The minimum atomic E-state index is -4.48. The zero-order valence-corrected chi connectivity index (χ0v) is 10.4. The molecule has 0 aromatic carbocycles. The van der Waals surface area contributed by atoms with Crippen LogP contribution in [0.3, 0.4) is 0 Å². The van der Waals surface area contributed by atoms with E-state index in [1.54, 1.807) is 24.4 Å². The van der Waals surface area contributed by atoms with Gasteiger partial charge in [-0.2, -0.15) is 18.2 Å². The Hall–Kier alpha value is -2.77. The van der Waals surface area contributed by atoms with Crippen LogP contribution in [-0.4, -0.2) is 20.1 Å². The maximum atomic E-state index is 12.6. The van der Waals surface area contributed by atoms with Gasteiger partial charge in [0.1, 0.15) is 5.69 Å². The second-order valence-electron chi connectivity index (χ2n) is 4.10. The molecule has 21 heavy (non-hydrogen) atoms. The molecule has 0 saturated heterocycles. The van der Waals surface area contributed by atoms with E-state index in [9.17, 15) is 13.2 Å². The fourth-order valence-corrected chi connectivity index (χ4v) is 1.65. The largest absolute Gasteiger partial charge is 0.417 e. The lowest BCUT2D eigenvalue weighted by atomic mass is 10.2. The molecular weight excluding hydrogens is 285 g/mol. The molecule has 0 atom stereocenters. The fraction of sp³-hybridized carbons (Fsp3) is 0.0769. The van der Waals surface area contributed by atoms with Gasteiger partial charge in [-0.3, -0.25) is 9.97 Å². The van der Waals surface area contributed by atoms with Crippen molar-refractivity contribution in [3.8, 4) is 23.0 Å². The van der Waals surface area contributed by atoms with Crippen molar-refractivity contribution in [1.29, 1.82) is 0 Å². The number of hydrogen-bond acceptors (Lipinski definition) is 5. The van der Waals surface area contributed by atoms with Crippen LogP contribution in [0.15, 0.2) is 47.4 Å². The number of hydrogen-bond donors (Lipinski definition) is 0. The van der Waals surface area contributed by atoms with E-state index in [0.717, 1.165) is 12.3 Å². The minimum absolute atomic E-state index is 0.0470. The number of alkyl halides is 3. The van der Waals surface area contributed by atoms with Crippen molar-refractivity contribution in [3.63, 3.8) is 0 Å². The van der Waals surface area contributed by atoms with Gasteiger partial charge >= 0.3 is 6.18 Å². The van der Waals surface area contributed by atoms with Crippen LogP contribution in [0.1, 0.15) is 5.56 Å². The first-order valence-electron chi connectivity index (χ1n) is 5.82. The summed E-state index contributed by atoms with van der Waals surface area (Å²) < 4.78 is 42.9. The third kappa shape index (κ3) is 2.73. The number of pyridine rings is 2. The summed E-state index contributed by atoms with van der Waals surface area (Å²) in [5.74, 6) is 0.150. The molecule has 0 spiro atoms. The molecule has 0 aliphatic heterocycles. The molecule has 0 bridgehead atoms. The molecule has 3 aromatic heterocycles. The molecule has 8 heteroatoms. The van der Waals surface area contributed by atoms with Crippen molar-refractivity contribution < 1.29 is 17.7 Å². The topological polar surface area (TPSA) is 64.7 Å². The summed E-state index contributed by atoms with van der Waals surface area (Å²) in [6.45, 7) is 0. The van der Waals surface area contributed by atoms with Gasteiger partial charge < -0.3 is 4.52 Å². The van der Waals surface area contributed by atoms with E-state index in [2.05, 4.69) is 20.1 Å². The smallest absolute Gasteiger partial charge is 0.333 e. The number of nitrogens with zero attached hydrogens (tertiary/aromatic N) is 4. The Morgan fingerprint density at radius 2 is 1.95 bits per heavy atom. The summed E-state index contributed by atoms with van der Waals surface area (Å²) in [7, 11) is 0. The summed E-state index contributed by atoms with van der Waals surface area (Å²) in [5.41, 5.74) is -0.315. The van der Waals surface area contributed by atoms with Gasteiger partial charge in [0.05, 0.1) is 11.1 Å². The summed E-state index contributed by atoms with van der Waals surface area (Å²) in [5, 5.41) is 3.70. The molecule has 3 rings (SSSR count). The zero-order valence-electron chi connectivity index (χ0n) is 10.4. The molecular formula is C13H7F3N4O. The van der Waals surface area contributed by atoms with Crippen molar-refractivity contribution >= 4 is 0 Å². The highest BCUT2D eigenvalue weighted by Gasteiger charge is 2.31. The van der Waals surface area contributed by atoms with E-state index in [4.69, 9.17) is 4.52 Å². The maximum absolute atomic E-state index is 12.6. The Kier molecular flexibility index (Phi) is 3.13. The highest BCUT2D eigenvalue weighted by molar-refractivity contribution is 5.57. The van der Waals surface area contributed by atoms with Gasteiger partial charge in [0.25, 0.3) is 5.89 Å². The van der Waals surface area contributed by atoms with E-state index < -0.39 is 11.7 Å². The first kappa shape index (κ1) is 13.2. The molecule has 3 aromatic rings. The fourth-order valence-electron chi connectivity index (χ4n) is 1.65. The second kappa shape index (κ2) is 4.97. The Labute approximate surface area is 116 Å². The van der Waals surface area contributed by atoms with Crippen LogP contribution in [0.2, 0.25) is 0 Å². The van der Waals surface area contributed by atoms with E-state index >= 15 is 0 Å². The summed E-state index contributed by atoms with van der Waals surface area (Å²) in [6.07, 6.45) is -0.964. The lowest BCUT2D eigenvalue weighted by Crippen LogP contribution is -2.05. The van der Waals surface area contributed by atoms with Gasteiger partial charge in [0.15, 0.2) is 0 Å². The predicted molar refractivity (Wildman–Crippen MR) is 65.8 cm³/mol. The van der Waals surface area contributed by atoms with Crippen molar-refractivity contribution in [2.75, 3.05) is 0 Å².